The smallest absolute Gasteiger partial charge is 0.234 e. The van der Waals surface area contributed by atoms with E-state index in [9.17, 15) is 4.79 Å². The van der Waals surface area contributed by atoms with Gasteiger partial charge in [-0.2, -0.15) is 0 Å². The van der Waals surface area contributed by atoms with Crippen molar-refractivity contribution in [3.8, 4) is 0 Å². The summed E-state index contributed by atoms with van der Waals surface area (Å²) in [5.74, 6) is 0.708. The van der Waals surface area contributed by atoms with Crippen molar-refractivity contribution < 1.29 is 9.53 Å². The van der Waals surface area contributed by atoms with Gasteiger partial charge < -0.3 is 15.0 Å². The van der Waals surface area contributed by atoms with E-state index in [1.54, 1.807) is 0 Å². The minimum atomic E-state index is 0.127. The van der Waals surface area contributed by atoms with Gasteiger partial charge in [-0.05, 0) is 63.2 Å². The standard InChI is InChI=1S/C21H29N3O2/c1-15-21(18-6-2-3-7-19(18)23-15)16-8-10-24(11-9-16)14-20(25)22-13-17-5-4-12-26-17/h2-3,6-7,16-17,23H,4-5,8-14H2,1H3,(H,22,25). The number of benzene rings is 1. The molecule has 5 nitrogen and oxygen atoms in total. The first-order valence-corrected chi connectivity index (χ1v) is 9.88. The van der Waals surface area contributed by atoms with Crippen molar-refractivity contribution in [3.63, 3.8) is 0 Å². The van der Waals surface area contributed by atoms with Gasteiger partial charge >= 0.3 is 0 Å². The number of hydrogen-bond acceptors (Lipinski definition) is 3. The summed E-state index contributed by atoms with van der Waals surface area (Å²) in [6.07, 6.45) is 4.62. The van der Waals surface area contributed by atoms with Gasteiger partial charge in [-0.15, -0.1) is 0 Å². The fourth-order valence-corrected chi connectivity index (χ4v) is 4.50. The van der Waals surface area contributed by atoms with Crippen LogP contribution in [-0.4, -0.2) is 54.7 Å². The molecule has 0 saturated carbocycles. The fourth-order valence-electron chi connectivity index (χ4n) is 4.50. The molecule has 5 heteroatoms. The molecule has 0 radical (unpaired) electrons. The number of fused-ring (bicyclic) bond motifs is 1. The number of rotatable bonds is 5. The Balaban J connectivity index is 1.29. The molecule has 26 heavy (non-hydrogen) atoms. The number of piperidine rings is 1. The highest BCUT2D eigenvalue weighted by atomic mass is 16.5. The average molecular weight is 355 g/mol. The van der Waals surface area contributed by atoms with Crippen LogP contribution in [0.25, 0.3) is 10.9 Å². The monoisotopic (exact) mass is 355 g/mol. The Bertz CT molecular complexity index is 756. The number of para-hydroxylation sites is 1. The van der Waals surface area contributed by atoms with Crippen LogP contribution in [0.2, 0.25) is 0 Å². The number of H-pyrrole nitrogens is 1. The molecule has 2 fully saturated rings. The average Bonchev–Trinajstić information content (AvgIpc) is 3.27. The Kier molecular flexibility index (Phi) is 5.27. The number of hydrogen-bond donors (Lipinski definition) is 2. The fraction of sp³-hybridized carbons (Fsp3) is 0.571. The first-order chi connectivity index (χ1) is 12.7. The molecule has 0 spiro atoms. The number of ether oxygens (including phenoxy) is 1. The van der Waals surface area contributed by atoms with Crippen LogP contribution < -0.4 is 5.32 Å². The highest BCUT2D eigenvalue weighted by Crippen LogP contribution is 2.35. The Morgan fingerprint density at radius 1 is 1.27 bits per heavy atom. The molecule has 2 N–H and O–H groups in total. The molecular formula is C21H29N3O2. The molecule has 1 unspecified atom stereocenters. The molecule has 0 aliphatic carbocycles. The molecule has 4 rings (SSSR count). The maximum atomic E-state index is 12.2. The molecule has 140 valence electrons. The summed E-state index contributed by atoms with van der Waals surface area (Å²) in [4.78, 5) is 18.0. The lowest BCUT2D eigenvalue weighted by Gasteiger charge is -2.32. The summed E-state index contributed by atoms with van der Waals surface area (Å²) in [6.45, 7) is 6.14. The van der Waals surface area contributed by atoms with E-state index in [-0.39, 0.29) is 12.0 Å². The van der Waals surface area contributed by atoms with Crippen molar-refractivity contribution in [2.24, 2.45) is 0 Å². The lowest BCUT2D eigenvalue weighted by Crippen LogP contribution is -2.43. The lowest BCUT2D eigenvalue weighted by molar-refractivity contribution is -0.123. The Morgan fingerprint density at radius 3 is 2.85 bits per heavy atom. The van der Waals surface area contributed by atoms with E-state index < -0.39 is 0 Å². The Hall–Kier alpha value is -1.85. The normalized spacial score (nSPS) is 22.1. The zero-order chi connectivity index (χ0) is 17.9. The van der Waals surface area contributed by atoms with Gasteiger partial charge in [0, 0.05) is 29.7 Å². The number of carbonyl (C=O) groups excluding carboxylic acids is 1. The molecule has 2 saturated heterocycles. The van der Waals surface area contributed by atoms with E-state index in [2.05, 4.69) is 46.4 Å². The first-order valence-electron chi connectivity index (χ1n) is 9.88. The number of nitrogens with zero attached hydrogens (tertiary/aromatic N) is 1. The molecule has 1 amide bonds. The number of aromatic amines is 1. The Morgan fingerprint density at radius 2 is 2.08 bits per heavy atom. The molecule has 2 aromatic rings. The van der Waals surface area contributed by atoms with Gasteiger partial charge in [0.2, 0.25) is 5.91 Å². The highest BCUT2D eigenvalue weighted by Gasteiger charge is 2.25. The molecular weight excluding hydrogens is 326 g/mol. The summed E-state index contributed by atoms with van der Waals surface area (Å²) in [5, 5.41) is 4.39. The molecule has 0 bridgehead atoms. The number of aryl methyl sites for hydroxylation is 1. The molecule has 1 atom stereocenters. The summed E-state index contributed by atoms with van der Waals surface area (Å²) in [7, 11) is 0. The van der Waals surface area contributed by atoms with Crippen LogP contribution in [0.4, 0.5) is 0 Å². The van der Waals surface area contributed by atoms with E-state index in [1.807, 2.05) is 0 Å². The van der Waals surface area contributed by atoms with Crippen molar-refractivity contribution in [1.29, 1.82) is 0 Å². The maximum absolute atomic E-state index is 12.2. The largest absolute Gasteiger partial charge is 0.376 e. The maximum Gasteiger partial charge on any atom is 0.234 e. The predicted octanol–water partition coefficient (Wildman–Crippen LogP) is 2.95. The van der Waals surface area contributed by atoms with Crippen LogP contribution >= 0.6 is 0 Å². The number of carbonyl (C=O) groups is 1. The van der Waals surface area contributed by atoms with Gasteiger partial charge in [0.1, 0.15) is 0 Å². The second kappa shape index (κ2) is 7.80. The number of amides is 1. The zero-order valence-corrected chi connectivity index (χ0v) is 15.6. The van der Waals surface area contributed by atoms with Crippen molar-refractivity contribution in [3.05, 3.63) is 35.5 Å². The first kappa shape index (κ1) is 17.6. The summed E-state index contributed by atoms with van der Waals surface area (Å²) < 4.78 is 5.56. The molecule has 1 aromatic heterocycles. The number of aromatic nitrogens is 1. The van der Waals surface area contributed by atoms with E-state index in [0.717, 1.165) is 45.4 Å². The van der Waals surface area contributed by atoms with Crippen molar-refractivity contribution >= 4 is 16.8 Å². The summed E-state index contributed by atoms with van der Waals surface area (Å²) in [5.41, 5.74) is 4.00. The van der Waals surface area contributed by atoms with Gasteiger partial charge in [-0.25, -0.2) is 0 Å². The SMILES string of the molecule is Cc1[nH]c2ccccc2c1C1CCN(CC(=O)NCC2CCCO2)CC1. The van der Waals surface area contributed by atoms with Crippen LogP contribution in [0.15, 0.2) is 24.3 Å². The highest BCUT2D eigenvalue weighted by molar-refractivity contribution is 5.85. The van der Waals surface area contributed by atoms with Crippen molar-refractivity contribution in [2.75, 3.05) is 32.8 Å². The van der Waals surface area contributed by atoms with E-state index >= 15 is 0 Å². The second-order valence-electron chi connectivity index (χ2n) is 7.70. The molecule has 2 aliphatic heterocycles. The van der Waals surface area contributed by atoms with Crippen molar-refractivity contribution in [1.82, 2.24) is 15.2 Å². The minimum absolute atomic E-state index is 0.127. The minimum Gasteiger partial charge on any atom is -0.376 e. The van der Waals surface area contributed by atoms with E-state index in [4.69, 9.17) is 4.74 Å². The van der Waals surface area contributed by atoms with E-state index in [0.29, 0.717) is 19.0 Å². The van der Waals surface area contributed by atoms with Gasteiger partial charge in [-0.1, -0.05) is 18.2 Å². The third-order valence-corrected chi connectivity index (χ3v) is 5.86. The molecule has 2 aliphatic rings. The number of likely N-dealkylation sites (tertiary alicyclic amines) is 1. The van der Waals surface area contributed by atoms with Crippen LogP contribution in [-0.2, 0) is 9.53 Å². The number of nitrogens with one attached hydrogen (secondary N) is 2. The van der Waals surface area contributed by atoms with Crippen LogP contribution in [0, 0.1) is 6.92 Å². The third-order valence-electron chi connectivity index (χ3n) is 5.86. The van der Waals surface area contributed by atoms with Crippen LogP contribution in [0.5, 0.6) is 0 Å². The third kappa shape index (κ3) is 3.79. The van der Waals surface area contributed by atoms with Crippen molar-refractivity contribution in [2.45, 2.75) is 44.6 Å². The van der Waals surface area contributed by atoms with Gasteiger partial charge in [0.25, 0.3) is 0 Å². The van der Waals surface area contributed by atoms with Gasteiger partial charge in [0.15, 0.2) is 0 Å². The quantitative estimate of drug-likeness (QED) is 0.867. The van der Waals surface area contributed by atoms with Crippen LogP contribution in [0.1, 0.15) is 42.9 Å². The lowest BCUT2D eigenvalue weighted by atomic mass is 9.87. The summed E-state index contributed by atoms with van der Waals surface area (Å²) >= 11 is 0. The van der Waals surface area contributed by atoms with Gasteiger partial charge in [-0.3, -0.25) is 9.69 Å². The Labute approximate surface area is 155 Å². The van der Waals surface area contributed by atoms with E-state index in [1.165, 1.54) is 22.2 Å². The zero-order valence-electron chi connectivity index (χ0n) is 15.6. The summed E-state index contributed by atoms with van der Waals surface area (Å²) in [6, 6.07) is 8.57. The second-order valence-corrected chi connectivity index (χ2v) is 7.70. The van der Waals surface area contributed by atoms with Gasteiger partial charge in [0.05, 0.1) is 12.6 Å². The van der Waals surface area contributed by atoms with Crippen LogP contribution in [0.3, 0.4) is 0 Å². The predicted molar refractivity (Wildman–Crippen MR) is 103 cm³/mol. The molecule has 3 heterocycles. The topological polar surface area (TPSA) is 57.4 Å². The molecule has 1 aromatic carbocycles.